The molecule has 114 valence electrons. The highest BCUT2D eigenvalue weighted by atomic mass is 79.9. The molecule has 0 bridgehead atoms. The molecule has 0 radical (unpaired) electrons. The Hall–Kier alpha value is -0.850. The lowest BCUT2D eigenvalue weighted by molar-refractivity contribution is 0.413. The fraction of sp³-hybridized carbons (Fsp3) is 0.400. The lowest BCUT2D eigenvalue weighted by Gasteiger charge is -2.16. The van der Waals surface area contributed by atoms with Crippen LogP contribution in [0.15, 0.2) is 27.1 Å². The lowest BCUT2D eigenvalue weighted by Crippen LogP contribution is -2.17. The van der Waals surface area contributed by atoms with Crippen LogP contribution in [-0.2, 0) is 13.0 Å². The molecule has 0 saturated heterocycles. The minimum absolute atomic E-state index is 0.132. The number of rotatable bonds is 5. The molecule has 0 saturated carbocycles. The van der Waals surface area contributed by atoms with Gasteiger partial charge in [0.2, 0.25) is 0 Å². The molecule has 1 heterocycles. The molecule has 2 rings (SSSR count). The van der Waals surface area contributed by atoms with Crippen LogP contribution < -0.4 is 10.5 Å². The van der Waals surface area contributed by atoms with Gasteiger partial charge in [0.05, 0.1) is 23.0 Å². The van der Waals surface area contributed by atoms with Crippen molar-refractivity contribution in [1.29, 1.82) is 0 Å². The van der Waals surface area contributed by atoms with Crippen LogP contribution in [-0.4, -0.2) is 16.9 Å². The summed E-state index contributed by atoms with van der Waals surface area (Å²) in [6.45, 7) is 4.90. The first-order valence-corrected chi connectivity index (χ1v) is 8.37. The van der Waals surface area contributed by atoms with E-state index in [-0.39, 0.29) is 6.04 Å². The van der Waals surface area contributed by atoms with E-state index in [1.807, 2.05) is 29.8 Å². The fourth-order valence-electron chi connectivity index (χ4n) is 2.32. The summed E-state index contributed by atoms with van der Waals surface area (Å²) in [5, 5.41) is 4.51. The van der Waals surface area contributed by atoms with Crippen molar-refractivity contribution in [2.45, 2.75) is 32.9 Å². The maximum Gasteiger partial charge on any atom is 0.119 e. The second-order valence-electron chi connectivity index (χ2n) is 4.86. The third kappa shape index (κ3) is 3.49. The summed E-state index contributed by atoms with van der Waals surface area (Å²) in [4.78, 5) is 0. The van der Waals surface area contributed by atoms with E-state index in [2.05, 4.69) is 43.9 Å². The number of hydrogen-bond donors (Lipinski definition) is 1. The van der Waals surface area contributed by atoms with E-state index in [1.165, 1.54) is 0 Å². The van der Waals surface area contributed by atoms with Crippen LogP contribution in [0.1, 0.15) is 29.9 Å². The molecule has 1 atom stereocenters. The van der Waals surface area contributed by atoms with E-state index >= 15 is 0 Å². The monoisotopic (exact) mass is 415 g/mol. The first-order valence-electron chi connectivity index (χ1n) is 6.78. The van der Waals surface area contributed by atoms with Crippen molar-refractivity contribution in [1.82, 2.24) is 9.78 Å². The molecule has 2 aromatic rings. The summed E-state index contributed by atoms with van der Waals surface area (Å²) in [7, 11) is 1.66. The summed E-state index contributed by atoms with van der Waals surface area (Å²) in [6, 6.07) is 5.72. The molecule has 0 fully saturated rings. The molecule has 1 aromatic carbocycles. The minimum atomic E-state index is -0.132. The number of ether oxygens (including phenoxy) is 1. The summed E-state index contributed by atoms with van der Waals surface area (Å²) < 4.78 is 9.31. The zero-order chi connectivity index (χ0) is 15.6. The van der Waals surface area contributed by atoms with Crippen molar-refractivity contribution in [2.24, 2.45) is 5.73 Å². The first-order chi connectivity index (χ1) is 9.97. The largest absolute Gasteiger partial charge is 0.497 e. The Morgan fingerprint density at radius 3 is 2.71 bits per heavy atom. The normalized spacial score (nSPS) is 12.5. The molecular formula is C15H19Br2N3O. The number of methoxy groups -OCH3 is 1. The highest BCUT2D eigenvalue weighted by Crippen LogP contribution is 2.31. The van der Waals surface area contributed by atoms with Gasteiger partial charge < -0.3 is 10.5 Å². The molecule has 0 aliphatic rings. The van der Waals surface area contributed by atoms with E-state index < -0.39 is 0 Å². The predicted octanol–water partition coefficient (Wildman–Crippen LogP) is 3.99. The van der Waals surface area contributed by atoms with Gasteiger partial charge in [0.1, 0.15) is 5.75 Å². The van der Waals surface area contributed by atoms with Crippen molar-refractivity contribution >= 4 is 31.9 Å². The molecule has 1 unspecified atom stereocenters. The maximum atomic E-state index is 6.41. The van der Waals surface area contributed by atoms with Gasteiger partial charge in [-0.3, -0.25) is 4.68 Å². The van der Waals surface area contributed by atoms with Crippen LogP contribution in [0, 0.1) is 6.92 Å². The highest BCUT2D eigenvalue weighted by molar-refractivity contribution is 9.10. The Morgan fingerprint density at radius 2 is 2.10 bits per heavy atom. The Balaban J connectivity index is 2.32. The van der Waals surface area contributed by atoms with Crippen LogP contribution >= 0.6 is 31.9 Å². The van der Waals surface area contributed by atoms with Gasteiger partial charge in [-0.15, -0.1) is 0 Å². The smallest absolute Gasteiger partial charge is 0.119 e. The zero-order valence-electron chi connectivity index (χ0n) is 12.4. The number of halogens is 2. The van der Waals surface area contributed by atoms with Gasteiger partial charge in [-0.1, -0.05) is 15.9 Å². The third-order valence-corrected chi connectivity index (χ3v) is 5.22. The Morgan fingerprint density at radius 1 is 1.38 bits per heavy atom. The Kier molecular flexibility index (Phi) is 5.46. The molecule has 0 spiro atoms. The summed E-state index contributed by atoms with van der Waals surface area (Å²) in [5.41, 5.74) is 9.55. The van der Waals surface area contributed by atoms with Crippen molar-refractivity contribution in [2.75, 3.05) is 7.11 Å². The number of nitrogens with zero attached hydrogens (tertiary/aromatic N) is 2. The van der Waals surface area contributed by atoms with Gasteiger partial charge in [-0.25, -0.2) is 0 Å². The molecular weight excluding hydrogens is 398 g/mol. The lowest BCUT2D eigenvalue weighted by atomic mass is 10.0. The number of hydrogen-bond acceptors (Lipinski definition) is 3. The van der Waals surface area contributed by atoms with Gasteiger partial charge in [0.25, 0.3) is 0 Å². The van der Waals surface area contributed by atoms with Gasteiger partial charge >= 0.3 is 0 Å². The quantitative estimate of drug-likeness (QED) is 0.801. The molecule has 6 heteroatoms. The minimum Gasteiger partial charge on any atom is -0.497 e. The van der Waals surface area contributed by atoms with Gasteiger partial charge in [0.15, 0.2) is 0 Å². The topological polar surface area (TPSA) is 53.1 Å². The SMILES string of the molecule is CCn1nc(C)c(Br)c1CC(N)c1cc(OC)ccc1Br. The van der Waals surface area contributed by atoms with E-state index in [4.69, 9.17) is 10.5 Å². The van der Waals surface area contributed by atoms with Crippen molar-refractivity contribution in [3.63, 3.8) is 0 Å². The standard InChI is InChI=1S/C15H19Br2N3O/c1-4-20-14(15(17)9(2)19-20)8-13(18)11-7-10(21-3)5-6-12(11)16/h5-7,13H,4,8,18H2,1-3H3. The number of aryl methyl sites for hydroxylation is 2. The number of benzene rings is 1. The van der Waals surface area contributed by atoms with E-state index in [0.29, 0.717) is 6.42 Å². The van der Waals surface area contributed by atoms with Crippen molar-refractivity contribution in [3.05, 3.63) is 44.1 Å². The van der Waals surface area contributed by atoms with Gasteiger partial charge in [0, 0.05) is 23.5 Å². The van der Waals surface area contributed by atoms with Crippen molar-refractivity contribution < 1.29 is 4.74 Å². The highest BCUT2D eigenvalue weighted by Gasteiger charge is 2.18. The van der Waals surface area contributed by atoms with E-state index in [9.17, 15) is 0 Å². The number of nitrogens with two attached hydrogens (primary N) is 1. The number of aromatic nitrogens is 2. The van der Waals surface area contributed by atoms with Crippen LogP contribution in [0.2, 0.25) is 0 Å². The average molecular weight is 417 g/mol. The fourth-order valence-corrected chi connectivity index (χ4v) is 3.30. The third-order valence-electron chi connectivity index (χ3n) is 3.47. The second-order valence-corrected chi connectivity index (χ2v) is 6.51. The Labute approximate surface area is 141 Å². The summed E-state index contributed by atoms with van der Waals surface area (Å²) in [5.74, 6) is 0.808. The molecule has 21 heavy (non-hydrogen) atoms. The van der Waals surface area contributed by atoms with Crippen LogP contribution in [0.4, 0.5) is 0 Å². The molecule has 0 aliphatic carbocycles. The summed E-state index contributed by atoms with van der Waals surface area (Å²) >= 11 is 7.18. The zero-order valence-corrected chi connectivity index (χ0v) is 15.5. The predicted molar refractivity (Wildman–Crippen MR) is 91.7 cm³/mol. The Bertz CT molecular complexity index is 640. The molecule has 0 amide bonds. The van der Waals surface area contributed by atoms with Crippen molar-refractivity contribution in [3.8, 4) is 5.75 Å². The van der Waals surface area contributed by atoms with Gasteiger partial charge in [-0.05, 0) is 53.5 Å². The second kappa shape index (κ2) is 6.94. The maximum absolute atomic E-state index is 6.41. The van der Waals surface area contributed by atoms with Gasteiger partial charge in [-0.2, -0.15) is 5.10 Å². The molecule has 0 aliphatic heterocycles. The first kappa shape index (κ1) is 16.5. The molecule has 1 aromatic heterocycles. The van der Waals surface area contributed by atoms with E-state index in [0.717, 1.165) is 38.2 Å². The van der Waals surface area contributed by atoms with Crippen LogP contribution in [0.3, 0.4) is 0 Å². The summed E-state index contributed by atoms with van der Waals surface area (Å²) in [6.07, 6.45) is 0.709. The molecule has 2 N–H and O–H groups in total. The molecule has 4 nitrogen and oxygen atoms in total. The average Bonchev–Trinajstić information content (AvgIpc) is 2.75. The van der Waals surface area contributed by atoms with Crippen LogP contribution in [0.5, 0.6) is 5.75 Å². The van der Waals surface area contributed by atoms with E-state index in [1.54, 1.807) is 7.11 Å². The van der Waals surface area contributed by atoms with Crippen LogP contribution in [0.25, 0.3) is 0 Å².